The third-order valence-electron chi connectivity index (χ3n) is 8.97. The molecule has 1 fully saturated rings. The maximum Gasteiger partial charge on any atom is 0.241 e. The van der Waals surface area contributed by atoms with Crippen molar-refractivity contribution in [2.75, 3.05) is 19.8 Å². The Kier molecular flexibility index (Phi) is 19.8. The van der Waals surface area contributed by atoms with E-state index in [1.54, 1.807) is 44.2 Å². The van der Waals surface area contributed by atoms with Crippen molar-refractivity contribution in [2.24, 2.45) is 17.5 Å². The Hall–Kier alpha value is -4.54. The molecule has 20 nitrogen and oxygen atoms in total. The summed E-state index contributed by atoms with van der Waals surface area (Å²) in [5.41, 5.74) is 14.0. The van der Waals surface area contributed by atoms with Gasteiger partial charge in [0.15, 0.2) is 0 Å². The Morgan fingerprint density at radius 1 is 0.909 bits per heavy atom. The molecule has 0 spiro atoms. The number of amides is 4. The first-order chi connectivity index (χ1) is 26.1. The number of benzene rings is 1. The van der Waals surface area contributed by atoms with E-state index in [0.717, 1.165) is 12.5 Å². The molecule has 0 aromatic heterocycles. The second-order valence-electron chi connectivity index (χ2n) is 13.6. The Morgan fingerprint density at radius 3 is 2.16 bits per heavy atom. The van der Waals surface area contributed by atoms with Crippen molar-refractivity contribution < 1.29 is 53.7 Å². The Bertz CT molecular complexity index is 1500. The van der Waals surface area contributed by atoms with Crippen LogP contribution in [0.25, 0.3) is 0 Å². The summed E-state index contributed by atoms with van der Waals surface area (Å²) >= 11 is 0. The van der Waals surface area contributed by atoms with E-state index in [1.165, 1.54) is 0 Å². The molecule has 20 heteroatoms. The lowest BCUT2D eigenvalue weighted by molar-refractivity contribution is -0.143. The van der Waals surface area contributed by atoms with E-state index in [0.29, 0.717) is 0 Å². The van der Waals surface area contributed by atoms with Gasteiger partial charge in [-0.15, -0.1) is 0 Å². The minimum Gasteiger partial charge on any atom is -0.394 e. The zero-order valence-electron chi connectivity index (χ0n) is 31.2. The fraction of sp³-hybridized carbons (Fsp3) is 0.600. The second kappa shape index (κ2) is 23.4. The second-order valence-corrected chi connectivity index (χ2v) is 13.6. The van der Waals surface area contributed by atoms with Gasteiger partial charge in [-0.25, -0.2) is 16.3 Å². The van der Waals surface area contributed by atoms with E-state index < -0.39 is 108 Å². The van der Waals surface area contributed by atoms with Crippen LogP contribution < -0.4 is 49.1 Å². The van der Waals surface area contributed by atoms with Gasteiger partial charge in [-0.3, -0.25) is 44.2 Å². The summed E-state index contributed by atoms with van der Waals surface area (Å²) in [5.74, 6) is -2.80. The number of nitrogens with two attached hydrogens (primary N) is 2. The van der Waals surface area contributed by atoms with Crippen molar-refractivity contribution in [3.63, 3.8) is 0 Å². The fourth-order valence-corrected chi connectivity index (χ4v) is 5.44. The van der Waals surface area contributed by atoms with Crippen molar-refractivity contribution >= 4 is 46.8 Å². The van der Waals surface area contributed by atoms with Crippen LogP contribution in [-0.2, 0) is 44.8 Å². The van der Waals surface area contributed by atoms with Gasteiger partial charge in [0.1, 0.15) is 24.2 Å². The Balaban J connectivity index is 2.30. The molecular weight excluding hydrogens is 722 g/mol. The number of carbonyl (C=O) groups excluding carboxylic acids is 8. The third-order valence-corrected chi connectivity index (χ3v) is 8.97. The van der Waals surface area contributed by atoms with Crippen LogP contribution in [0.4, 0.5) is 0 Å². The summed E-state index contributed by atoms with van der Waals surface area (Å²) in [4.78, 5) is 105. The molecule has 1 aliphatic rings. The molecule has 2 unspecified atom stereocenters. The molecule has 306 valence electrons. The molecule has 0 radical (unpaired) electrons. The molecule has 1 aromatic carbocycles. The molecule has 1 saturated heterocycles. The van der Waals surface area contributed by atoms with Gasteiger partial charge < -0.3 is 42.3 Å². The molecule has 0 bridgehead atoms. The molecule has 8 atom stereocenters. The molecule has 14 N–H and O–H groups in total. The van der Waals surface area contributed by atoms with Crippen molar-refractivity contribution in [3.05, 3.63) is 35.9 Å². The topological polar surface area (TPSA) is 333 Å². The lowest BCUT2D eigenvalue weighted by atomic mass is 9.95. The maximum atomic E-state index is 13.5. The zero-order valence-corrected chi connectivity index (χ0v) is 31.2. The normalized spacial score (nSPS) is 23.2. The smallest absolute Gasteiger partial charge is 0.241 e. The summed E-state index contributed by atoms with van der Waals surface area (Å²) in [6, 6.07) is -1.38. The molecule has 0 aliphatic carbocycles. The quantitative estimate of drug-likeness (QED) is 0.0478. The first kappa shape index (κ1) is 46.6. The average molecular weight is 778 g/mol. The van der Waals surface area contributed by atoms with Crippen LogP contribution in [0.15, 0.2) is 30.3 Å². The van der Waals surface area contributed by atoms with E-state index in [-0.39, 0.29) is 51.0 Å². The predicted molar refractivity (Wildman–Crippen MR) is 196 cm³/mol. The first-order valence-corrected chi connectivity index (χ1v) is 18.1. The van der Waals surface area contributed by atoms with Gasteiger partial charge in [0, 0.05) is 13.0 Å². The van der Waals surface area contributed by atoms with E-state index in [4.69, 9.17) is 11.6 Å². The summed E-state index contributed by atoms with van der Waals surface area (Å²) < 4.78 is 0. The Morgan fingerprint density at radius 2 is 1.58 bits per heavy atom. The summed E-state index contributed by atoms with van der Waals surface area (Å²) in [6.45, 7) is 2.64. The van der Waals surface area contributed by atoms with E-state index >= 15 is 0 Å². The standard InChI is InChI=1S/C35H55N9O11/c1-18(2)27(36)35(55)39-21-12-13-26(48)38-14-8-7-11-22(43-44-25(17-46)34(54)41-28(19(3)47)32(52)29(21)49)30(50)31(51)24(16-45)40-33(53)23(42-37)15-20-9-5-4-6-10-20/h4-6,9-10,18-19,21-25,27-28,42-47H,7-8,11-17,36-37H2,1-3H3,(H,38,48)(H,39,55)(H,40,53)(H,41,54)/t19-,21?,22?,23+,24+,25+,27+,28+/m1/s1. The average Bonchev–Trinajstić information content (AvgIpc) is 3.16. The van der Waals surface area contributed by atoms with Gasteiger partial charge >= 0.3 is 0 Å². The number of rotatable bonds is 14. The van der Waals surface area contributed by atoms with Gasteiger partial charge in [-0.1, -0.05) is 44.2 Å². The number of hydrazine groups is 2. The number of aliphatic hydroxyl groups excluding tert-OH is 3. The highest BCUT2D eigenvalue weighted by atomic mass is 16.3. The minimum absolute atomic E-state index is 0.0756. The Labute approximate surface area is 318 Å². The molecule has 1 heterocycles. The van der Waals surface area contributed by atoms with Crippen molar-refractivity contribution in [3.8, 4) is 0 Å². The van der Waals surface area contributed by atoms with Crippen LogP contribution in [0.5, 0.6) is 0 Å². The number of carbonyl (C=O) groups is 8. The van der Waals surface area contributed by atoms with Crippen LogP contribution in [0.2, 0.25) is 0 Å². The molecule has 1 aromatic rings. The number of aliphatic hydroxyl groups is 3. The highest BCUT2D eigenvalue weighted by Gasteiger charge is 2.38. The van der Waals surface area contributed by atoms with Gasteiger partial charge in [-0.05, 0) is 50.5 Å². The van der Waals surface area contributed by atoms with Crippen molar-refractivity contribution in [1.29, 1.82) is 0 Å². The lowest BCUT2D eigenvalue weighted by Crippen LogP contribution is -2.62. The number of hydrogen-bond donors (Lipinski definition) is 12. The molecule has 55 heavy (non-hydrogen) atoms. The number of Topliss-reactive ketones (excluding diaryl/α,β-unsaturated/α-hetero) is 4. The summed E-state index contributed by atoms with van der Waals surface area (Å²) in [7, 11) is 0. The molecule has 1 aliphatic heterocycles. The van der Waals surface area contributed by atoms with E-state index in [9.17, 15) is 53.7 Å². The van der Waals surface area contributed by atoms with Crippen molar-refractivity contribution in [1.82, 2.24) is 37.5 Å². The maximum absolute atomic E-state index is 13.5. The van der Waals surface area contributed by atoms with Gasteiger partial charge in [0.05, 0.1) is 37.4 Å². The zero-order chi connectivity index (χ0) is 41.2. The van der Waals surface area contributed by atoms with Crippen LogP contribution in [0.3, 0.4) is 0 Å². The van der Waals surface area contributed by atoms with Gasteiger partial charge in [0.2, 0.25) is 46.8 Å². The highest BCUT2D eigenvalue weighted by molar-refractivity contribution is 6.42. The van der Waals surface area contributed by atoms with E-state index in [2.05, 4.69) is 37.5 Å². The largest absolute Gasteiger partial charge is 0.394 e. The molecule has 4 amide bonds. The third kappa shape index (κ3) is 14.6. The van der Waals surface area contributed by atoms with Crippen LogP contribution in [-0.4, -0.2) is 130 Å². The first-order valence-electron chi connectivity index (χ1n) is 18.1. The summed E-state index contributed by atoms with van der Waals surface area (Å²) in [5, 5.41) is 40.0. The number of nitrogens with one attached hydrogen (secondary N) is 7. The molecular formula is C35H55N9O11. The SMILES string of the molecule is CC(C)[C@H](N)C(=O)NC1CCC(=O)NCCCCC(C(=O)C(=O)[C@H](CO)NC(=O)[C@H](Cc2ccccc2)NN)NN[C@@H](CO)C(=O)N[C@@H]([C@@H](C)O)C(=O)C1=O. The van der Waals surface area contributed by atoms with Crippen LogP contribution in [0, 0.1) is 5.92 Å². The van der Waals surface area contributed by atoms with Crippen molar-refractivity contribution in [2.45, 2.75) is 108 Å². The fourth-order valence-electron chi connectivity index (χ4n) is 5.44. The highest BCUT2D eigenvalue weighted by Crippen LogP contribution is 2.10. The van der Waals surface area contributed by atoms with Gasteiger partial charge in [0.25, 0.3) is 0 Å². The summed E-state index contributed by atoms with van der Waals surface area (Å²) in [6.07, 6.45) is -1.77. The van der Waals surface area contributed by atoms with E-state index in [1.807, 2.05) is 0 Å². The monoisotopic (exact) mass is 777 g/mol. The number of ketones is 4. The van der Waals surface area contributed by atoms with Crippen LogP contribution in [0.1, 0.15) is 58.4 Å². The molecule has 2 rings (SSSR count). The minimum atomic E-state index is -1.87. The van der Waals surface area contributed by atoms with Crippen LogP contribution >= 0.6 is 0 Å². The van der Waals surface area contributed by atoms with Gasteiger partial charge in [-0.2, -0.15) is 0 Å². The lowest BCUT2D eigenvalue weighted by Gasteiger charge is -2.27. The molecule has 0 saturated carbocycles. The number of hydrogen-bond acceptors (Lipinski definition) is 16. The predicted octanol–water partition coefficient (Wildman–Crippen LogP) is -4.95.